The Hall–Kier alpha value is -2.47. The number of rotatable bonds is 3. The van der Waals surface area contributed by atoms with Crippen LogP contribution in [0.3, 0.4) is 0 Å². The van der Waals surface area contributed by atoms with Gasteiger partial charge in [-0.25, -0.2) is 4.90 Å². The van der Waals surface area contributed by atoms with Gasteiger partial charge in [0.15, 0.2) is 0 Å². The van der Waals surface area contributed by atoms with Crippen molar-refractivity contribution in [2.75, 3.05) is 10.2 Å². The summed E-state index contributed by atoms with van der Waals surface area (Å²) in [5, 5.41) is 2.84. The summed E-state index contributed by atoms with van der Waals surface area (Å²) in [6.45, 7) is 5.98. The van der Waals surface area contributed by atoms with Crippen molar-refractivity contribution in [3.63, 3.8) is 0 Å². The van der Waals surface area contributed by atoms with Gasteiger partial charge in [0, 0.05) is 21.6 Å². The lowest BCUT2D eigenvalue weighted by atomic mass is 9.62. The molecular formula is C23H23BrN2O3. The minimum absolute atomic E-state index is 0.166. The summed E-state index contributed by atoms with van der Waals surface area (Å²) in [6.07, 6.45) is 1.42. The third-order valence-electron chi connectivity index (χ3n) is 6.89. The first-order valence-corrected chi connectivity index (χ1v) is 10.5. The van der Waals surface area contributed by atoms with E-state index in [1.54, 1.807) is 36.4 Å². The summed E-state index contributed by atoms with van der Waals surface area (Å²) in [7, 11) is 0. The van der Waals surface area contributed by atoms with Crippen LogP contribution in [0.1, 0.15) is 44.0 Å². The van der Waals surface area contributed by atoms with Gasteiger partial charge in [-0.1, -0.05) is 42.8 Å². The van der Waals surface area contributed by atoms with E-state index in [0.29, 0.717) is 29.8 Å². The van der Waals surface area contributed by atoms with E-state index in [-0.39, 0.29) is 29.1 Å². The molecule has 1 heterocycles. The molecule has 29 heavy (non-hydrogen) atoms. The number of piperidine rings is 1. The number of halogens is 1. The standard InChI is InChI=1S/C23H23BrN2O3/c1-22(2)18-11-12-23(22,3)21(29)26(20(18)28)17-6-4-5-14(13-17)19(27)25-16-9-7-15(24)8-10-16/h4-10,13,18H,11-12H2,1-3H3,(H,25,27)/t18-,23+/m0/s1. The Kier molecular flexibility index (Phi) is 4.65. The number of hydrogen-bond donors (Lipinski definition) is 1. The fourth-order valence-corrected chi connectivity index (χ4v) is 4.85. The van der Waals surface area contributed by atoms with Crippen LogP contribution in [0.15, 0.2) is 53.0 Å². The Morgan fingerprint density at radius 3 is 2.48 bits per heavy atom. The topological polar surface area (TPSA) is 66.5 Å². The number of imide groups is 1. The number of hydrogen-bond acceptors (Lipinski definition) is 3. The molecule has 150 valence electrons. The normalized spacial score (nSPS) is 25.2. The van der Waals surface area contributed by atoms with Gasteiger partial charge < -0.3 is 5.32 Å². The van der Waals surface area contributed by atoms with Crippen LogP contribution in [0.2, 0.25) is 0 Å². The smallest absolute Gasteiger partial charge is 0.255 e. The molecule has 1 aliphatic carbocycles. The molecule has 2 atom stereocenters. The predicted octanol–water partition coefficient (Wildman–Crippen LogP) is 5.02. The molecule has 5 nitrogen and oxygen atoms in total. The van der Waals surface area contributed by atoms with Crippen LogP contribution in [0.4, 0.5) is 11.4 Å². The second-order valence-corrected chi connectivity index (χ2v) is 9.55. The van der Waals surface area contributed by atoms with Gasteiger partial charge >= 0.3 is 0 Å². The molecule has 1 aliphatic heterocycles. The first-order chi connectivity index (χ1) is 13.6. The van der Waals surface area contributed by atoms with Crippen molar-refractivity contribution >= 4 is 45.0 Å². The maximum Gasteiger partial charge on any atom is 0.255 e. The molecule has 6 heteroatoms. The van der Waals surface area contributed by atoms with Crippen molar-refractivity contribution in [2.45, 2.75) is 33.6 Å². The van der Waals surface area contributed by atoms with Gasteiger partial charge in [-0.05, 0) is 60.7 Å². The van der Waals surface area contributed by atoms with Crippen LogP contribution in [0.5, 0.6) is 0 Å². The van der Waals surface area contributed by atoms with Crippen LogP contribution in [0.25, 0.3) is 0 Å². The van der Waals surface area contributed by atoms with Crippen molar-refractivity contribution in [2.24, 2.45) is 16.7 Å². The minimum Gasteiger partial charge on any atom is -0.322 e. The largest absolute Gasteiger partial charge is 0.322 e. The SMILES string of the molecule is CC1(C)[C@H]2CC[C@]1(C)C(=O)N(c1cccc(C(=O)Nc3ccc(Br)cc3)c1)C2=O. The molecule has 0 radical (unpaired) electrons. The van der Waals surface area contributed by atoms with E-state index < -0.39 is 5.41 Å². The Morgan fingerprint density at radius 1 is 1.10 bits per heavy atom. The number of nitrogens with one attached hydrogen (secondary N) is 1. The minimum atomic E-state index is -0.582. The van der Waals surface area contributed by atoms with E-state index >= 15 is 0 Å². The van der Waals surface area contributed by atoms with Crippen LogP contribution in [-0.2, 0) is 9.59 Å². The first-order valence-electron chi connectivity index (χ1n) is 9.70. The zero-order valence-corrected chi connectivity index (χ0v) is 18.2. The third-order valence-corrected chi connectivity index (χ3v) is 7.42. The number of fused-ring (bicyclic) bond motifs is 2. The average molecular weight is 455 g/mol. The quantitative estimate of drug-likeness (QED) is 0.662. The molecule has 2 aromatic rings. The zero-order chi connectivity index (χ0) is 21.0. The van der Waals surface area contributed by atoms with Crippen molar-refractivity contribution < 1.29 is 14.4 Å². The third kappa shape index (κ3) is 3.01. The molecule has 1 N–H and O–H groups in total. The van der Waals surface area contributed by atoms with E-state index in [1.807, 2.05) is 32.9 Å². The van der Waals surface area contributed by atoms with Gasteiger partial charge in [-0.15, -0.1) is 0 Å². The number of carbonyl (C=O) groups is 3. The lowest BCUT2D eigenvalue weighted by molar-refractivity contribution is -0.146. The Morgan fingerprint density at radius 2 is 1.79 bits per heavy atom. The van der Waals surface area contributed by atoms with Crippen molar-refractivity contribution in [1.82, 2.24) is 0 Å². The first kappa shape index (κ1) is 19.8. The molecule has 4 rings (SSSR count). The summed E-state index contributed by atoms with van der Waals surface area (Å²) < 4.78 is 0.922. The molecule has 0 unspecified atom stereocenters. The van der Waals surface area contributed by atoms with Crippen LogP contribution < -0.4 is 10.2 Å². The number of amides is 3. The molecular weight excluding hydrogens is 432 g/mol. The number of benzene rings is 2. The summed E-state index contributed by atoms with van der Waals surface area (Å²) in [5.74, 6) is -0.821. The van der Waals surface area contributed by atoms with Crippen molar-refractivity contribution in [3.05, 3.63) is 58.6 Å². The van der Waals surface area contributed by atoms with E-state index in [2.05, 4.69) is 21.2 Å². The van der Waals surface area contributed by atoms with Crippen LogP contribution in [0, 0.1) is 16.7 Å². The Balaban J connectivity index is 1.64. The summed E-state index contributed by atoms with van der Waals surface area (Å²) in [4.78, 5) is 40.5. The highest BCUT2D eigenvalue weighted by molar-refractivity contribution is 9.10. The van der Waals surface area contributed by atoms with Crippen LogP contribution >= 0.6 is 15.9 Å². The highest BCUT2D eigenvalue weighted by Gasteiger charge is 2.64. The van der Waals surface area contributed by atoms with E-state index in [4.69, 9.17) is 0 Å². The second kappa shape index (κ2) is 6.80. The lowest BCUT2D eigenvalue weighted by Gasteiger charge is -2.47. The summed E-state index contributed by atoms with van der Waals surface area (Å²) in [6, 6.07) is 14.0. The van der Waals surface area contributed by atoms with Crippen LogP contribution in [-0.4, -0.2) is 17.7 Å². The maximum atomic E-state index is 13.3. The molecule has 1 saturated carbocycles. The summed E-state index contributed by atoms with van der Waals surface area (Å²) in [5.41, 5.74) is 0.571. The number of anilines is 2. The maximum absolute atomic E-state index is 13.3. The summed E-state index contributed by atoms with van der Waals surface area (Å²) >= 11 is 3.37. The Labute approximate surface area is 178 Å². The van der Waals surface area contributed by atoms with Gasteiger partial charge in [-0.3, -0.25) is 14.4 Å². The van der Waals surface area contributed by atoms with Gasteiger partial charge in [-0.2, -0.15) is 0 Å². The number of nitrogens with zero attached hydrogens (tertiary/aromatic N) is 1. The molecule has 0 spiro atoms. The molecule has 1 saturated heterocycles. The monoisotopic (exact) mass is 454 g/mol. The van der Waals surface area contributed by atoms with Crippen molar-refractivity contribution in [1.29, 1.82) is 0 Å². The van der Waals surface area contributed by atoms with Gasteiger partial charge in [0.2, 0.25) is 11.8 Å². The van der Waals surface area contributed by atoms with Gasteiger partial charge in [0.25, 0.3) is 5.91 Å². The van der Waals surface area contributed by atoms with Crippen molar-refractivity contribution in [3.8, 4) is 0 Å². The van der Waals surface area contributed by atoms with E-state index in [1.165, 1.54) is 4.90 Å². The predicted molar refractivity (Wildman–Crippen MR) is 116 cm³/mol. The molecule has 2 aliphatic rings. The zero-order valence-electron chi connectivity index (χ0n) is 16.7. The van der Waals surface area contributed by atoms with E-state index in [0.717, 1.165) is 4.47 Å². The molecule has 2 bridgehead atoms. The molecule has 2 fully saturated rings. The lowest BCUT2D eigenvalue weighted by Crippen LogP contribution is -2.59. The van der Waals surface area contributed by atoms with Gasteiger partial charge in [0.05, 0.1) is 11.1 Å². The highest BCUT2D eigenvalue weighted by atomic mass is 79.9. The molecule has 2 aromatic carbocycles. The fraction of sp³-hybridized carbons (Fsp3) is 0.348. The second-order valence-electron chi connectivity index (χ2n) is 8.64. The highest BCUT2D eigenvalue weighted by Crippen LogP contribution is 2.60. The van der Waals surface area contributed by atoms with E-state index in [9.17, 15) is 14.4 Å². The molecule has 3 amide bonds. The molecule has 0 aromatic heterocycles. The number of carbonyl (C=O) groups excluding carboxylic acids is 3. The average Bonchev–Trinajstić information content (AvgIpc) is 2.87. The van der Waals surface area contributed by atoms with Gasteiger partial charge in [0.1, 0.15) is 0 Å². The fourth-order valence-electron chi connectivity index (χ4n) is 4.59. The Bertz CT molecular complexity index is 1020.